The minimum atomic E-state index is 0.0688. The van der Waals surface area contributed by atoms with Crippen molar-refractivity contribution in [2.45, 2.75) is 26.2 Å². The van der Waals surface area contributed by atoms with Gasteiger partial charge < -0.3 is 29.8 Å². The quantitative estimate of drug-likeness (QED) is 0.352. The van der Waals surface area contributed by atoms with Crippen LogP contribution in [0.2, 0.25) is 0 Å². The summed E-state index contributed by atoms with van der Waals surface area (Å²) in [5, 5.41) is 7.89. The van der Waals surface area contributed by atoms with Gasteiger partial charge >= 0.3 is 0 Å². The number of hydrogen-bond acceptors (Lipinski definition) is 10. The molecule has 0 aliphatic carbocycles. The molecule has 2 aromatic carbocycles. The van der Waals surface area contributed by atoms with Crippen LogP contribution >= 0.6 is 11.3 Å². The van der Waals surface area contributed by atoms with Gasteiger partial charge in [-0.2, -0.15) is 4.98 Å². The van der Waals surface area contributed by atoms with Crippen LogP contribution in [0.3, 0.4) is 0 Å². The summed E-state index contributed by atoms with van der Waals surface area (Å²) in [6.45, 7) is 6.51. The summed E-state index contributed by atoms with van der Waals surface area (Å²) in [4.78, 5) is 9.51. The number of thiazole rings is 1. The maximum atomic E-state index is 6.16. The Hall–Kier alpha value is -3.79. The van der Waals surface area contributed by atoms with Gasteiger partial charge in [0.1, 0.15) is 10.7 Å². The van der Waals surface area contributed by atoms with Crippen molar-refractivity contribution < 1.29 is 18.7 Å². The predicted octanol–water partition coefficient (Wildman–Crippen LogP) is 5.51. The summed E-state index contributed by atoms with van der Waals surface area (Å²) < 4.78 is 21.7. The molecule has 0 unspecified atom stereocenters. The molecule has 3 N–H and O–H groups in total. The molecule has 0 fully saturated rings. The molecule has 178 valence electrons. The zero-order valence-corrected chi connectivity index (χ0v) is 20.7. The van der Waals surface area contributed by atoms with Crippen molar-refractivity contribution in [1.82, 2.24) is 15.1 Å². The van der Waals surface area contributed by atoms with E-state index in [0.29, 0.717) is 50.5 Å². The van der Waals surface area contributed by atoms with Gasteiger partial charge in [-0.1, -0.05) is 61.5 Å². The van der Waals surface area contributed by atoms with Crippen LogP contribution in [0.25, 0.3) is 22.2 Å². The molecule has 2 aromatic heterocycles. The third kappa shape index (κ3) is 4.62. The van der Waals surface area contributed by atoms with Crippen molar-refractivity contribution in [2.75, 3.05) is 32.4 Å². The van der Waals surface area contributed by atoms with E-state index in [4.69, 9.17) is 24.5 Å². The summed E-state index contributed by atoms with van der Waals surface area (Å²) in [5.41, 5.74) is 9.02. The lowest BCUT2D eigenvalue weighted by molar-refractivity contribution is 0.324. The molecule has 0 saturated carbocycles. The molecule has 10 heteroatoms. The maximum Gasteiger partial charge on any atom is 0.272 e. The summed E-state index contributed by atoms with van der Waals surface area (Å²) in [6, 6.07) is 11.7. The molecule has 0 aliphatic rings. The molecule has 0 saturated heterocycles. The number of rotatable bonds is 7. The Morgan fingerprint density at radius 3 is 2.15 bits per heavy atom. The Kier molecular flexibility index (Phi) is 6.34. The number of nitrogens with one attached hydrogen (secondary N) is 1. The number of aromatic nitrogens is 3. The van der Waals surface area contributed by atoms with E-state index in [1.54, 1.807) is 33.5 Å². The fraction of sp³-hybridized carbons (Fsp3) is 0.292. The zero-order valence-electron chi connectivity index (χ0n) is 19.9. The third-order valence-corrected chi connectivity index (χ3v) is 6.17. The average Bonchev–Trinajstić information content (AvgIpc) is 3.44. The van der Waals surface area contributed by atoms with Gasteiger partial charge in [-0.15, -0.1) is 0 Å². The molecule has 0 aliphatic heterocycles. The van der Waals surface area contributed by atoms with E-state index < -0.39 is 0 Å². The molecule has 0 bridgehead atoms. The van der Waals surface area contributed by atoms with Crippen molar-refractivity contribution in [3.8, 4) is 39.4 Å². The molecule has 34 heavy (non-hydrogen) atoms. The van der Waals surface area contributed by atoms with Gasteiger partial charge in [0, 0.05) is 23.4 Å². The molecular formula is C24H27N5O4S. The van der Waals surface area contributed by atoms with Crippen LogP contribution in [0.4, 0.5) is 16.6 Å². The minimum absolute atomic E-state index is 0.0688. The number of nitrogen functional groups attached to an aromatic ring is 1. The fourth-order valence-corrected chi connectivity index (χ4v) is 4.19. The molecule has 4 aromatic rings. The predicted molar refractivity (Wildman–Crippen MR) is 133 cm³/mol. The Balaban J connectivity index is 1.58. The topological polar surface area (TPSA) is 118 Å². The van der Waals surface area contributed by atoms with E-state index in [0.717, 1.165) is 5.56 Å². The largest absolute Gasteiger partial charge is 0.493 e. The highest BCUT2D eigenvalue weighted by Gasteiger charge is 2.20. The van der Waals surface area contributed by atoms with Crippen LogP contribution < -0.4 is 25.3 Å². The number of nitrogens with two attached hydrogens (primary N) is 1. The Morgan fingerprint density at radius 2 is 1.59 bits per heavy atom. The fourth-order valence-electron chi connectivity index (χ4n) is 3.37. The Labute approximate surface area is 201 Å². The lowest BCUT2D eigenvalue weighted by Gasteiger charge is -2.18. The number of methoxy groups -OCH3 is 3. The molecule has 0 amide bonds. The molecule has 0 atom stereocenters. The summed E-state index contributed by atoms with van der Waals surface area (Å²) in [7, 11) is 4.67. The highest BCUT2D eigenvalue weighted by Crippen LogP contribution is 2.42. The van der Waals surface area contributed by atoms with Crippen molar-refractivity contribution in [3.63, 3.8) is 0 Å². The third-order valence-electron chi connectivity index (χ3n) is 5.20. The van der Waals surface area contributed by atoms with Gasteiger partial charge in [-0.25, -0.2) is 4.98 Å². The Bertz CT molecular complexity index is 1270. The van der Waals surface area contributed by atoms with Crippen LogP contribution in [0, 0.1) is 0 Å². The van der Waals surface area contributed by atoms with E-state index in [-0.39, 0.29) is 5.41 Å². The van der Waals surface area contributed by atoms with Gasteiger partial charge in [-0.05, 0) is 11.0 Å². The number of nitrogens with zero attached hydrogens (tertiary/aromatic N) is 3. The SMILES string of the molecule is COc1cc(Nc2nc(N)c(-c3nc(-c4ccc(C(C)(C)C)cc4)no3)s2)cc(OC)c1OC. The van der Waals surface area contributed by atoms with Crippen LogP contribution in [-0.2, 0) is 5.41 Å². The lowest BCUT2D eigenvalue weighted by atomic mass is 9.87. The van der Waals surface area contributed by atoms with Crippen LogP contribution in [-0.4, -0.2) is 36.5 Å². The summed E-state index contributed by atoms with van der Waals surface area (Å²) in [5.74, 6) is 2.63. The smallest absolute Gasteiger partial charge is 0.272 e. The van der Waals surface area contributed by atoms with E-state index >= 15 is 0 Å². The summed E-state index contributed by atoms with van der Waals surface area (Å²) >= 11 is 1.30. The highest BCUT2D eigenvalue weighted by atomic mass is 32.1. The standard InChI is InChI=1S/C24H27N5O4S/c1-24(2,3)14-9-7-13(8-10-14)21-28-22(33-29-21)19-20(25)27-23(34-19)26-15-11-16(30-4)18(32-6)17(12-15)31-5/h7-12H,25H2,1-6H3,(H,26,27). The van der Waals surface area contributed by atoms with Gasteiger partial charge in [0.2, 0.25) is 11.6 Å². The minimum Gasteiger partial charge on any atom is -0.493 e. The second kappa shape index (κ2) is 9.22. The van der Waals surface area contributed by atoms with Gasteiger partial charge in [0.25, 0.3) is 5.89 Å². The van der Waals surface area contributed by atoms with Crippen molar-refractivity contribution >= 4 is 28.0 Å². The summed E-state index contributed by atoms with van der Waals surface area (Å²) in [6.07, 6.45) is 0. The van der Waals surface area contributed by atoms with E-state index in [1.807, 2.05) is 12.1 Å². The van der Waals surface area contributed by atoms with Crippen molar-refractivity contribution in [1.29, 1.82) is 0 Å². The highest BCUT2D eigenvalue weighted by molar-refractivity contribution is 7.19. The second-order valence-electron chi connectivity index (χ2n) is 8.52. The van der Waals surface area contributed by atoms with Crippen molar-refractivity contribution in [2.24, 2.45) is 0 Å². The zero-order chi connectivity index (χ0) is 24.5. The monoisotopic (exact) mass is 481 g/mol. The Morgan fingerprint density at radius 1 is 0.941 bits per heavy atom. The number of benzene rings is 2. The number of ether oxygens (including phenoxy) is 3. The molecule has 2 heterocycles. The first-order valence-corrected chi connectivity index (χ1v) is 11.3. The van der Waals surface area contributed by atoms with E-state index in [2.05, 4.69) is 53.3 Å². The lowest BCUT2D eigenvalue weighted by Crippen LogP contribution is -2.10. The normalized spacial score (nSPS) is 11.4. The first-order chi connectivity index (χ1) is 16.2. The van der Waals surface area contributed by atoms with E-state index in [9.17, 15) is 0 Å². The molecule has 9 nitrogen and oxygen atoms in total. The number of hydrogen-bond donors (Lipinski definition) is 2. The second-order valence-corrected chi connectivity index (χ2v) is 9.52. The van der Waals surface area contributed by atoms with Crippen LogP contribution in [0.1, 0.15) is 26.3 Å². The molecule has 4 rings (SSSR count). The van der Waals surface area contributed by atoms with Gasteiger partial charge in [0.05, 0.1) is 21.3 Å². The molecule has 0 radical (unpaired) electrons. The van der Waals surface area contributed by atoms with Gasteiger partial charge in [-0.3, -0.25) is 0 Å². The maximum absolute atomic E-state index is 6.16. The average molecular weight is 482 g/mol. The first kappa shape index (κ1) is 23.4. The number of anilines is 3. The van der Waals surface area contributed by atoms with E-state index in [1.165, 1.54) is 16.9 Å². The van der Waals surface area contributed by atoms with Crippen LogP contribution in [0.5, 0.6) is 17.2 Å². The van der Waals surface area contributed by atoms with Crippen molar-refractivity contribution in [3.05, 3.63) is 42.0 Å². The van der Waals surface area contributed by atoms with Gasteiger partial charge in [0.15, 0.2) is 16.6 Å². The van der Waals surface area contributed by atoms with Crippen LogP contribution in [0.15, 0.2) is 40.9 Å². The molecule has 0 spiro atoms. The molecular weight excluding hydrogens is 454 g/mol. The first-order valence-electron chi connectivity index (χ1n) is 10.5.